The van der Waals surface area contributed by atoms with Gasteiger partial charge in [0.25, 0.3) is 5.91 Å². The number of nitrogens with zero attached hydrogens (tertiary/aromatic N) is 1. The topological polar surface area (TPSA) is 20.3 Å². The minimum absolute atomic E-state index is 0.0198. The second-order valence-corrected chi connectivity index (χ2v) is 5.79. The first kappa shape index (κ1) is 12.2. The van der Waals surface area contributed by atoms with E-state index in [2.05, 4.69) is 26.8 Å². The third-order valence-corrected chi connectivity index (χ3v) is 3.36. The lowest BCUT2D eigenvalue weighted by atomic mass is 9.83. The van der Waals surface area contributed by atoms with Crippen LogP contribution in [0, 0.1) is 0 Å². The van der Waals surface area contributed by atoms with Crippen LogP contribution < -0.4 is 0 Å². The summed E-state index contributed by atoms with van der Waals surface area (Å²) in [7, 11) is 0. The van der Waals surface area contributed by atoms with Crippen molar-refractivity contribution in [2.24, 2.45) is 0 Å². The summed E-state index contributed by atoms with van der Waals surface area (Å²) in [6.07, 6.45) is 2.28. The minimum atomic E-state index is 0.0198. The molecule has 2 nitrogen and oxygen atoms in total. The lowest BCUT2D eigenvalue weighted by Crippen LogP contribution is -2.30. The Balaban J connectivity index is 2.34. The number of rotatable bonds is 1. The Kier molecular flexibility index (Phi) is 3.23. The van der Waals surface area contributed by atoms with Gasteiger partial charge in [-0.25, -0.2) is 0 Å². The number of likely N-dealkylation sites (tertiary alicyclic amines) is 1. The second-order valence-electron chi connectivity index (χ2n) is 5.79. The summed E-state index contributed by atoms with van der Waals surface area (Å²) in [5.41, 5.74) is 2.05. The first-order valence-corrected chi connectivity index (χ1v) is 6.39. The fourth-order valence-corrected chi connectivity index (χ4v) is 2.41. The predicted octanol–water partition coefficient (Wildman–Crippen LogP) is 3.22. The maximum atomic E-state index is 12.4. The van der Waals surface area contributed by atoms with E-state index in [-0.39, 0.29) is 11.3 Å². The summed E-state index contributed by atoms with van der Waals surface area (Å²) in [4.78, 5) is 14.4. The van der Waals surface area contributed by atoms with Gasteiger partial charge in [-0.15, -0.1) is 0 Å². The van der Waals surface area contributed by atoms with Crippen LogP contribution in [0.4, 0.5) is 0 Å². The molecule has 1 aliphatic heterocycles. The molecule has 1 heterocycles. The highest BCUT2D eigenvalue weighted by Gasteiger charge is 2.25. The molecule has 0 atom stereocenters. The first-order valence-electron chi connectivity index (χ1n) is 6.39. The highest BCUT2D eigenvalue weighted by atomic mass is 16.2. The maximum Gasteiger partial charge on any atom is 0.254 e. The van der Waals surface area contributed by atoms with Gasteiger partial charge in [0.2, 0.25) is 0 Å². The van der Waals surface area contributed by atoms with Crippen molar-refractivity contribution in [1.29, 1.82) is 0 Å². The standard InChI is InChI=1S/C15H21NO/c1-15(2,3)13-9-5-4-8-12(13)14(17)16-10-6-7-11-16/h4-5,8-9H,6-7,10-11H2,1-3H3. The zero-order valence-corrected chi connectivity index (χ0v) is 11.0. The normalized spacial score (nSPS) is 16.3. The minimum Gasteiger partial charge on any atom is -0.339 e. The SMILES string of the molecule is CC(C)(C)c1ccccc1C(=O)N1CCCC1. The fraction of sp³-hybridized carbons (Fsp3) is 0.533. The summed E-state index contributed by atoms with van der Waals surface area (Å²) in [5, 5.41) is 0. The average molecular weight is 231 g/mol. The van der Waals surface area contributed by atoms with Crippen molar-refractivity contribution in [3.8, 4) is 0 Å². The molecule has 0 aromatic heterocycles. The van der Waals surface area contributed by atoms with E-state index in [0.717, 1.165) is 37.1 Å². The highest BCUT2D eigenvalue weighted by molar-refractivity contribution is 5.96. The van der Waals surface area contributed by atoms with Crippen LogP contribution in [-0.2, 0) is 5.41 Å². The number of carbonyl (C=O) groups is 1. The van der Waals surface area contributed by atoms with E-state index in [4.69, 9.17) is 0 Å². The molecule has 2 heteroatoms. The zero-order valence-electron chi connectivity index (χ0n) is 11.0. The Labute approximate surface area is 104 Å². The Hall–Kier alpha value is -1.31. The molecule has 0 bridgehead atoms. The van der Waals surface area contributed by atoms with Gasteiger partial charge >= 0.3 is 0 Å². The number of carbonyl (C=O) groups excluding carboxylic acids is 1. The van der Waals surface area contributed by atoms with Crippen LogP contribution in [0.5, 0.6) is 0 Å². The van der Waals surface area contributed by atoms with Gasteiger partial charge in [0.05, 0.1) is 0 Å². The molecule has 17 heavy (non-hydrogen) atoms. The lowest BCUT2D eigenvalue weighted by Gasteiger charge is -2.24. The van der Waals surface area contributed by atoms with Crippen molar-refractivity contribution in [1.82, 2.24) is 4.90 Å². The molecule has 1 aliphatic rings. The molecule has 1 fully saturated rings. The molecule has 0 N–H and O–H groups in total. The largest absolute Gasteiger partial charge is 0.339 e. The van der Waals surface area contributed by atoms with E-state index < -0.39 is 0 Å². The number of benzene rings is 1. The first-order chi connectivity index (χ1) is 8.00. The Morgan fingerprint density at radius 2 is 1.71 bits per heavy atom. The molecule has 1 amide bonds. The van der Waals surface area contributed by atoms with Gasteiger partial charge < -0.3 is 4.90 Å². The molecule has 0 spiro atoms. The Morgan fingerprint density at radius 3 is 2.29 bits per heavy atom. The second kappa shape index (κ2) is 4.52. The Bertz CT molecular complexity index is 411. The van der Waals surface area contributed by atoms with Crippen LogP contribution >= 0.6 is 0 Å². The summed E-state index contributed by atoms with van der Waals surface area (Å²) >= 11 is 0. The van der Waals surface area contributed by atoms with Gasteiger partial charge in [0, 0.05) is 18.7 Å². The molecule has 92 valence electrons. The number of hydrogen-bond donors (Lipinski definition) is 0. The van der Waals surface area contributed by atoms with E-state index in [1.54, 1.807) is 0 Å². The molecule has 0 saturated carbocycles. The van der Waals surface area contributed by atoms with Crippen LogP contribution in [-0.4, -0.2) is 23.9 Å². The predicted molar refractivity (Wildman–Crippen MR) is 70.3 cm³/mol. The molecule has 1 aromatic rings. The number of amides is 1. The van der Waals surface area contributed by atoms with Crippen molar-refractivity contribution in [3.05, 3.63) is 35.4 Å². The monoisotopic (exact) mass is 231 g/mol. The zero-order chi connectivity index (χ0) is 12.5. The van der Waals surface area contributed by atoms with E-state index >= 15 is 0 Å². The molecule has 0 aliphatic carbocycles. The van der Waals surface area contributed by atoms with Crippen molar-refractivity contribution >= 4 is 5.91 Å². The van der Waals surface area contributed by atoms with E-state index in [1.165, 1.54) is 0 Å². The van der Waals surface area contributed by atoms with E-state index in [0.29, 0.717) is 0 Å². The summed E-state index contributed by atoms with van der Waals surface area (Å²) in [5.74, 6) is 0.202. The third kappa shape index (κ3) is 2.51. The van der Waals surface area contributed by atoms with Crippen LogP contribution in [0.25, 0.3) is 0 Å². The van der Waals surface area contributed by atoms with Gasteiger partial charge in [-0.2, -0.15) is 0 Å². The van der Waals surface area contributed by atoms with Crippen LogP contribution in [0.3, 0.4) is 0 Å². The summed E-state index contributed by atoms with van der Waals surface area (Å²) in [6, 6.07) is 8.00. The molecule has 1 aromatic carbocycles. The van der Waals surface area contributed by atoms with Crippen LogP contribution in [0.2, 0.25) is 0 Å². The summed E-state index contributed by atoms with van der Waals surface area (Å²) < 4.78 is 0. The van der Waals surface area contributed by atoms with Crippen LogP contribution in [0.15, 0.2) is 24.3 Å². The van der Waals surface area contributed by atoms with Crippen LogP contribution in [0.1, 0.15) is 49.5 Å². The molecular formula is C15H21NO. The van der Waals surface area contributed by atoms with Gasteiger partial charge in [0.15, 0.2) is 0 Å². The fourth-order valence-electron chi connectivity index (χ4n) is 2.41. The summed E-state index contributed by atoms with van der Waals surface area (Å²) in [6.45, 7) is 8.30. The van der Waals surface area contributed by atoms with Gasteiger partial charge in [-0.3, -0.25) is 4.79 Å². The van der Waals surface area contributed by atoms with Crippen molar-refractivity contribution in [2.45, 2.75) is 39.0 Å². The number of hydrogen-bond acceptors (Lipinski definition) is 1. The van der Waals surface area contributed by atoms with E-state index in [1.807, 2.05) is 23.1 Å². The van der Waals surface area contributed by atoms with Gasteiger partial charge in [-0.05, 0) is 29.9 Å². The van der Waals surface area contributed by atoms with Crippen molar-refractivity contribution in [3.63, 3.8) is 0 Å². The molecule has 1 saturated heterocycles. The third-order valence-electron chi connectivity index (χ3n) is 3.36. The molecular weight excluding hydrogens is 210 g/mol. The van der Waals surface area contributed by atoms with E-state index in [9.17, 15) is 4.79 Å². The molecule has 0 radical (unpaired) electrons. The van der Waals surface area contributed by atoms with Crippen molar-refractivity contribution < 1.29 is 4.79 Å². The van der Waals surface area contributed by atoms with Gasteiger partial charge in [-0.1, -0.05) is 39.0 Å². The quantitative estimate of drug-likeness (QED) is 0.726. The highest BCUT2D eigenvalue weighted by Crippen LogP contribution is 2.27. The molecule has 0 unspecified atom stereocenters. The lowest BCUT2D eigenvalue weighted by molar-refractivity contribution is 0.0790. The van der Waals surface area contributed by atoms with Gasteiger partial charge in [0.1, 0.15) is 0 Å². The average Bonchev–Trinajstić information content (AvgIpc) is 2.80. The smallest absolute Gasteiger partial charge is 0.254 e. The van der Waals surface area contributed by atoms with Crippen molar-refractivity contribution in [2.75, 3.05) is 13.1 Å². The Morgan fingerprint density at radius 1 is 1.12 bits per heavy atom. The maximum absolute atomic E-state index is 12.4. The molecule has 2 rings (SSSR count).